The SMILES string of the molecule is CC(C)C[C@H](NC(=O)OC(C)(C)C)C(=O)N=S(N)(=O)c1cccc(Oc2ccccc2)c1. The second kappa shape index (κ2) is 10.6. The Morgan fingerprint density at radius 2 is 1.69 bits per heavy atom. The van der Waals surface area contributed by atoms with Crippen LogP contribution in [0.1, 0.15) is 41.0 Å². The number of amides is 2. The number of carbonyl (C=O) groups is 2. The molecule has 0 aliphatic heterocycles. The highest BCUT2D eigenvalue weighted by atomic mass is 32.2. The van der Waals surface area contributed by atoms with Gasteiger partial charge in [0.15, 0.2) is 0 Å². The fourth-order valence-corrected chi connectivity index (χ4v) is 3.80. The summed E-state index contributed by atoms with van der Waals surface area (Å²) in [4.78, 5) is 25.1. The molecule has 8 nitrogen and oxygen atoms in total. The molecule has 0 aromatic heterocycles. The number of nitrogens with two attached hydrogens (primary N) is 1. The van der Waals surface area contributed by atoms with Gasteiger partial charge in [-0.05, 0) is 63.4 Å². The average molecular weight is 462 g/mol. The number of hydrogen-bond donors (Lipinski definition) is 2. The lowest BCUT2D eigenvalue weighted by atomic mass is 10.0. The van der Waals surface area contributed by atoms with Crippen LogP contribution in [0.3, 0.4) is 0 Å². The van der Waals surface area contributed by atoms with Gasteiger partial charge in [0.25, 0.3) is 5.91 Å². The zero-order valence-corrected chi connectivity index (χ0v) is 19.8. The Hall–Kier alpha value is -2.91. The van der Waals surface area contributed by atoms with Crippen LogP contribution < -0.4 is 15.2 Å². The Kier molecular flexibility index (Phi) is 8.40. The number of nitrogens with one attached hydrogen (secondary N) is 1. The fraction of sp³-hybridized carbons (Fsp3) is 0.391. The minimum atomic E-state index is -3.57. The molecular weight excluding hydrogens is 430 g/mol. The largest absolute Gasteiger partial charge is 0.457 e. The molecule has 2 aromatic rings. The van der Waals surface area contributed by atoms with E-state index in [4.69, 9.17) is 14.6 Å². The van der Waals surface area contributed by atoms with Crippen molar-refractivity contribution in [2.45, 2.75) is 57.6 Å². The smallest absolute Gasteiger partial charge is 0.408 e. The highest BCUT2D eigenvalue weighted by Crippen LogP contribution is 2.24. The van der Waals surface area contributed by atoms with Crippen LogP contribution in [0.4, 0.5) is 4.79 Å². The van der Waals surface area contributed by atoms with Gasteiger partial charge in [0.1, 0.15) is 33.1 Å². The van der Waals surface area contributed by atoms with E-state index in [2.05, 4.69) is 9.68 Å². The lowest BCUT2D eigenvalue weighted by molar-refractivity contribution is -0.120. The molecule has 0 saturated heterocycles. The predicted molar refractivity (Wildman–Crippen MR) is 124 cm³/mol. The quantitative estimate of drug-likeness (QED) is 0.622. The molecule has 0 saturated carbocycles. The van der Waals surface area contributed by atoms with Crippen LogP contribution in [-0.2, 0) is 19.4 Å². The molecule has 2 aromatic carbocycles. The Morgan fingerprint density at radius 3 is 2.28 bits per heavy atom. The standard InChI is InChI=1S/C23H31N3O5S/c1-16(2)14-20(25-22(28)31-23(3,4)5)21(27)26-32(24,29)19-13-9-12-18(15-19)30-17-10-7-6-8-11-17/h6-13,15-16,20H,14H2,1-5H3,(H,25,28)(H2,24,26,27,29)/t20-,32?/m0/s1. The van der Waals surface area contributed by atoms with Gasteiger partial charge in [0.2, 0.25) is 0 Å². The van der Waals surface area contributed by atoms with Crippen LogP contribution in [-0.4, -0.2) is 27.9 Å². The van der Waals surface area contributed by atoms with E-state index in [0.29, 0.717) is 11.5 Å². The lowest BCUT2D eigenvalue weighted by Crippen LogP contribution is -2.44. The van der Waals surface area contributed by atoms with Crippen LogP contribution >= 0.6 is 0 Å². The molecule has 0 radical (unpaired) electrons. The maximum absolute atomic E-state index is 13.1. The van der Waals surface area contributed by atoms with Crippen LogP contribution in [0.2, 0.25) is 0 Å². The van der Waals surface area contributed by atoms with E-state index in [1.54, 1.807) is 45.0 Å². The number of alkyl carbamates (subject to hydrolysis) is 1. The molecule has 9 heteroatoms. The second-order valence-corrected chi connectivity index (χ2v) is 10.5. The maximum atomic E-state index is 13.1. The molecule has 2 amide bonds. The topological polar surface area (TPSA) is 120 Å². The fourth-order valence-electron chi connectivity index (χ4n) is 2.74. The van der Waals surface area contributed by atoms with Gasteiger partial charge in [-0.25, -0.2) is 14.1 Å². The number of rotatable bonds is 7. The molecule has 0 fully saturated rings. The Labute approximate surface area is 189 Å². The summed E-state index contributed by atoms with van der Waals surface area (Å²) in [6.07, 6.45) is -0.470. The van der Waals surface area contributed by atoms with Crippen molar-refractivity contribution in [3.8, 4) is 11.5 Å². The summed E-state index contributed by atoms with van der Waals surface area (Å²) in [6, 6.07) is 14.3. The molecule has 0 spiro atoms. The van der Waals surface area contributed by atoms with E-state index >= 15 is 0 Å². The normalized spacial score (nSPS) is 14.2. The summed E-state index contributed by atoms with van der Waals surface area (Å²) in [5, 5.41) is 8.46. The number of ether oxygens (including phenoxy) is 2. The Bertz CT molecular complexity index is 1050. The van der Waals surface area contributed by atoms with Crippen molar-refractivity contribution >= 4 is 21.9 Å². The summed E-state index contributed by atoms with van der Waals surface area (Å²) >= 11 is 0. The van der Waals surface area contributed by atoms with Gasteiger partial charge in [0, 0.05) is 0 Å². The molecule has 0 bridgehead atoms. The van der Waals surface area contributed by atoms with Gasteiger partial charge in [0.05, 0.1) is 4.90 Å². The van der Waals surface area contributed by atoms with Crippen molar-refractivity contribution in [1.82, 2.24) is 5.32 Å². The van der Waals surface area contributed by atoms with E-state index in [0.717, 1.165) is 0 Å². The van der Waals surface area contributed by atoms with E-state index < -0.39 is 33.6 Å². The van der Waals surface area contributed by atoms with Crippen molar-refractivity contribution in [2.24, 2.45) is 15.4 Å². The first-order valence-corrected chi connectivity index (χ1v) is 11.8. The van der Waals surface area contributed by atoms with Gasteiger partial charge in [-0.2, -0.15) is 0 Å². The van der Waals surface area contributed by atoms with Crippen LogP contribution in [0.5, 0.6) is 11.5 Å². The highest BCUT2D eigenvalue weighted by Gasteiger charge is 2.26. The van der Waals surface area contributed by atoms with Crippen LogP contribution in [0.15, 0.2) is 63.9 Å². The summed E-state index contributed by atoms with van der Waals surface area (Å²) in [6.45, 7) is 8.93. The van der Waals surface area contributed by atoms with E-state index in [1.165, 1.54) is 12.1 Å². The third kappa shape index (κ3) is 8.32. The molecule has 0 aliphatic rings. The lowest BCUT2D eigenvalue weighted by Gasteiger charge is -2.23. The van der Waals surface area contributed by atoms with Crippen LogP contribution in [0.25, 0.3) is 0 Å². The van der Waals surface area contributed by atoms with Gasteiger partial charge in [-0.15, -0.1) is 4.36 Å². The first-order valence-electron chi connectivity index (χ1n) is 10.3. The first-order chi connectivity index (χ1) is 14.9. The highest BCUT2D eigenvalue weighted by molar-refractivity contribution is 7.91. The molecule has 2 atom stereocenters. The third-order valence-corrected chi connectivity index (χ3v) is 5.42. The molecule has 0 heterocycles. The monoisotopic (exact) mass is 461 g/mol. The van der Waals surface area contributed by atoms with Crippen molar-refractivity contribution in [3.05, 3.63) is 54.6 Å². The first kappa shape index (κ1) is 25.4. The number of hydrogen-bond acceptors (Lipinski definition) is 5. The van der Waals surface area contributed by atoms with Crippen molar-refractivity contribution in [1.29, 1.82) is 0 Å². The van der Waals surface area contributed by atoms with Crippen molar-refractivity contribution in [3.63, 3.8) is 0 Å². The average Bonchev–Trinajstić information content (AvgIpc) is 2.66. The molecule has 1 unspecified atom stereocenters. The minimum absolute atomic E-state index is 0.0607. The summed E-state index contributed by atoms with van der Waals surface area (Å²) in [7, 11) is -3.57. The van der Waals surface area contributed by atoms with Crippen molar-refractivity contribution in [2.75, 3.05) is 0 Å². The zero-order valence-electron chi connectivity index (χ0n) is 19.0. The maximum Gasteiger partial charge on any atom is 0.408 e. The molecular formula is C23H31N3O5S. The molecule has 3 N–H and O–H groups in total. The van der Waals surface area contributed by atoms with Crippen molar-refractivity contribution < 1.29 is 23.3 Å². The number of nitrogens with zero attached hydrogens (tertiary/aromatic N) is 1. The Balaban J connectivity index is 2.26. The van der Waals surface area contributed by atoms with Gasteiger partial charge in [-0.1, -0.05) is 38.1 Å². The van der Waals surface area contributed by atoms with Gasteiger partial charge < -0.3 is 14.8 Å². The molecule has 2 rings (SSSR count). The predicted octanol–water partition coefficient (Wildman–Crippen LogP) is 4.65. The van der Waals surface area contributed by atoms with E-state index in [-0.39, 0.29) is 17.2 Å². The zero-order chi connectivity index (χ0) is 23.9. The summed E-state index contributed by atoms with van der Waals surface area (Å²) in [5.74, 6) is 0.275. The van der Waals surface area contributed by atoms with E-state index in [1.807, 2.05) is 32.0 Å². The molecule has 32 heavy (non-hydrogen) atoms. The van der Waals surface area contributed by atoms with Gasteiger partial charge >= 0.3 is 6.09 Å². The number of carbonyl (C=O) groups excluding carboxylic acids is 2. The van der Waals surface area contributed by atoms with Gasteiger partial charge in [-0.3, -0.25) is 4.79 Å². The molecule has 0 aliphatic carbocycles. The summed E-state index contributed by atoms with van der Waals surface area (Å²) in [5.41, 5.74) is -0.729. The molecule has 174 valence electrons. The van der Waals surface area contributed by atoms with Crippen LogP contribution in [0, 0.1) is 5.92 Å². The minimum Gasteiger partial charge on any atom is -0.457 e. The Morgan fingerprint density at radius 1 is 1.06 bits per heavy atom. The number of para-hydroxylation sites is 1. The summed E-state index contributed by atoms with van der Waals surface area (Å²) < 4.78 is 27.8. The van der Waals surface area contributed by atoms with E-state index in [9.17, 15) is 13.8 Å². The second-order valence-electron chi connectivity index (χ2n) is 8.72. The third-order valence-electron chi connectivity index (χ3n) is 4.04. The number of benzene rings is 2.